The first-order valence-electron chi connectivity index (χ1n) is 12.1. The first-order valence-corrected chi connectivity index (χ1v) is 12.9. The number of aromatic hydroxyl groups is 1. The van der Waals surface area contributed by atoms with Crippen molar-refractivity contribution in [1.29, 1.82) is 0 Å². The normalized spacial score (nSPS) is 13.0. The van der Waals surface area contributed by atoms with Crippen LogP contribution in [-0.2, 0) is 10.8 Å². The summed E-state index contributed by atoms with van der Waals surface area (Å²) in [6, 6.07) is 4.41. The molecule has 3 heteroatoms. The number of rotatable bonds is 11. The van der Waals surface area contributed by atoms with E-state index in [9.17, 15) is 5.11 Å². The lowest BCUT2D eigenvalue weighted by Gasteiger charge is -2.33. The van der Waals surface area contributed by atoms with Crippen molar-refractivity contribution in [2.45, 2.75) is 109 Å². The molecular weight excluding hydrogens is 410 g/mol. The highest BCUT2D eigenvalue weighted by atomic mass is 32.2. The molecule has 0 aromatic heterocycles. The summed E-state index contributed by atoms with van der Waals surface area (Å²) >= 11 is 1.87. The second-order valence-electron chi connectivity index (χ2n) is 11.9. The van der Waals surface area contributed by atoms with E-state index in [1.54, 1.807) is 0 Å². The molecule has 0 bridgehead atoms. The number of phenolic OH excluding ortho intramolecular Hbond substituents is 1. The fourth-order valence-corrected chi connectivity index (χ4v) is 4.81. The van der Waals surface area contributed by atoms with Gasteiger partial charge in [0.05, 0.1) is 0 Å². The Labute approximate surface area is 203 Å². The lowest BCUT2D eigenvalue weighted by Crippen LogP contribution is -2.33. The van der Waals surface area contributed by atoms with Crippen LogP contribution in [0.25, 0.3) is 0 Å². The highest BCUT2D eigenvalue weighted by Gasteiger charge is 2.30. The van der Waals surface area contributed by atoms with Crippen molar-refractivity contribution in [3.63, 3.8) is 0 Å². The van der Waals surface area contributed by atoms with Gasteiger partial charge in [-0.2, -0.15) is 0 Å². The SMILES string of the molecule is C=C(CC)CN(CCC(C)(C)c1cc(SC(C)(C)C)cc(C(C)(C)C)c1O)CC(=C)CC. The summed E-state index contributed by atoms with van der Waals surface area (Å²) in [5, 5.41) is 11.4. The Balaban J connectivity index is 3.30. The molecule has 182 valence electrons. The van der Waals surface area contributed by atoms with Gasteiger partial charge in [-0.05, 0) is 48.8 Å². The van der Waals surface area contributed by atoms with E-state index in [2.05, 4.69) is 99.4 Å². The molecule has 1 aromatic rings. The molecule has 0 amide bonds. The number of hydrogen-bond acceptors (Lipinski definition) is 3. The molecule has 0 saturated heterocycles. The van der Waals surface area contributed by atoms with Crippen LogP contribution in [0.2, 0.25) is 0 Å². The van der Waals surface area contributed by atoms with Crippen molar-refractivity contribution < 1.29 is 5.11 Å². The monoisotopic (exact) mass is 459 g/mol. The Morgan fingerprint density at radius 3 is 1.75 bits per heavy atom. The molecule has 1 N–H and O–H groups in total. The van der Waals surface area contributed by atoms with E-state index in [-0.39, 0.29) is 15.6 Å². The lowest BCUT2D eigenvalue weighted by molar-refractivity contribution is 0.277. The van der Waals surface area contributed by atoms with Crippen LogP contribution < -0.4 is 0 Å². The minimum absolute atomic E-state index is 0.116. The van der Waals surface area contributed by atoms with Gasteiger partial charge in [-0.3, -0.25) is 4.90 Å². The number of thioether (sulfide) groups is 1. The zero-order valence-corrected chi connectivity index (χ0v) is 23.4. The second kappa shape index (κ2) is 11.3. The molecule has 0 aliphatic rings. The average Bonchev–Trinajstić information content (AvgIpc) is 2.64. The summed E-state index contributed by atoms with van der Waals surface area (Å²) in [4.78, 5) is 3.70. The Bertz CT molecular complexity index is 775. The molecule has 0 aliphatic carbocycles. The molecule has 0 unspecified atom stereocenters. The van der Waals surface area contributed by atoms with Crippen LogP contribution in [0.3, 0.4) is 0 Å². The van der Waals surface area contributed by atoms with Crippen molar-refractivity contribution in [3.05, 3.63) is 47.6 Å². The molecule has 2 nitrogen and oxygen atoms in total. The van der Waals surface area contributed by atoms with E-state index < -0.39 is 0 Å². The van der Waals surface area contributed by atoms with Crippen molar-refractivity contribution in [2.24, 2.45) is 0 Å². The maximum absolute atomic E-state index is 11.4. The highest BCUT2D eigenvalue weighted by molar-refractivity contribution is 8.00. The molecule has 0 fully saturated rings. The summed E-state index contributed by atoms with van der Waals surface area (Å²) in [6.07, 6.45) is 2.96. The van der Waals surface area contributed by atoms with E-state index in [1.165, 1.54) is 16.0 Å². The third kappa shape index (κ3) is 8.98. The van der Waals surface area contributed by atoms with Crippen molar-refractivity contribution in [1.82, 2.24) is 4.90 Å². The van der Waals surface area contributed by atoms with E-state index in [4.69, 9.17) is 0 Å². The van der Waals surface area contributed by atoms with Crippen LogP contribution in [0.15, 0.2) is 41.3 Å². The van der Waals surface area contributed by atoms with Crippen LogP contribution in [0, 0.1) is 0 Å². The Morgan fingerprint density at radius 2 is 1.34 bits per heavy atom. The van der Waals surface area contributed by atoms with E-state index in [1.807, 2.05) is 11.8 Å². The predicted octanol–water partition coefficient (Wildman–Crippen LogP) is 8.48. The number of hydrogen-bond donors (Lipinski definition) is 1. The third-order valence-corrected chi connectivity index (χ3v) is 7.08. The first kappa shape index (κ1) is 28.8. The second-order valence-corrected chi connectivity index (χ2v) is 13.8. The van der Waals surface area contributed by atoms with Gasteiger partial charge in [-0.1, -0.05) is 93.5 Å². The zero-order chi connectivity index (χ0) is 24.9. The van der Waals surface area contributed by atoms with Gasteiger partial charge in [0.1, 0.15) is 5.75 Å². The summed E-state index contributed by atoms with van der Waals surface area (Å²) in [5.74, 6) is 0.461. The molecule has 1 rings (SSSR count). The van der Waals surface area contributed by atoms with E-state index in [0.29, 0.717) is 5.75 Å². The lowest BCUT2D eigenvalue weighted by atomic mass is 9.77. The largest absolute Gasteiger partial charge is 0.507 e. The van der Waals surface area contributed by atoms with Gasteiger partial charge < -0.3 is 5.11 Å². The van der Waals surface area contributed by atoms with E-state index >= 15 is 0 Å². The molecule has 1 aromatic carbocycles. The number of phenols is 1. The van der Waals surface area contributed by atoms with Gasteiger partial charge >= 0.3 is 0 Å². The molecule has 0 saturated carbocycles. The smallest absolute Gasteiger partial charge is 0.123 e. The quantitative estimate of drug-likeness (QED) is 0.265. The predicted molar refractivity (Wildman–Crippen MR) is 145 cm³/mol. The van der Waals surface area contributed by atoms with Crippen LogP contribution in [0.5, 0.6) is 5.75 Å². The van der Waals surface area contributed by atoms with Crippen LogP contribution in [0.4, 0.5) is 0 Å². The van der Waals surface area contributed by atoms with Gasteiger partial charge in [-0.25, -0.2) is 0 Å². The zero-order valence-electron chi connectivity index (χ0n) is 22.6. The Hall–Kier alpha value is -1.19. The van der Waals surface area contributed by atoms with E-state index in [0.717, 1.165) is 50.0 Å². The minimum atomic E-state index is -0.155. The third-order valence-electron chi connectivity index (χ3n) is 5.99. The number of nitrogens with zero attached hydrogens (tertiary/aromatic N) is 1. The standard InChI is InChI=1S/C29H49NOS/c1-13-21(3)19-30(20-22(4)14-2)16-15-29(11,12)25-18-23(32-28(8,9)10)17-24(26(25)31)27(5,6)7/h17-18,31H,3-4,13-16,19-20H2,1-2,5-12H3. The summed E-state index contributed by atoms with van der Waals surface area (Å²) in [5.41, 5.74) is 4.33. The minimum Gasteiger partial charge on any atom is -0.507 e. The van der Waals surface area contributed by atoms with Crippen molar-refractivity contribution in [3.8, 4) is 5.75 Å². The maximum Gasteiger partial charge on any atom is 0.123 e. The molecule has 0 atom stereocenters. The average molecular weight is 460 g/mol. The fourth-order valence-electron chi connectivity index (χ4n) is 3.75. The number of benzene rings is 1. The van der Waals surface area contributed by atoms with Gasteiger partial charge in [-0.15, -0.1) is 11.8 Å². The molecular formula is C29H49NOS. The van der Waals surface area contributed by atoms with Crippen LogP contribution in [-0.4, -0.2) is 34.4 Å². The van der Waals surface area contributed by atoms with Crippen molar-refractivity contribution >= 4 is 11.8 Å². The maximum atomic E-state index is 11.4. The summed E-state index contributed by atoms with van der Waals surface area (Å²) < 4.78 is 0.116. The fraction of sp³-hybridized carbons (Fsp3) is 0.655. The van der Waals surface area contributed by atoms with Gasteiger partial charge in [0, 0.05) is 33.9 Å². The Kier molecular flexibility index (Phi) is 10.2. The molecule has 32 heavy (non-hydrogen) atoms. The van der Waals surface area contributed by atoms with Gasteiger partial charge in [0.2, 0.25) is 0 Å². The van der Waals surface area contributed by atoms with Crippen LogP contribution in [0.1, 0.15) is 99.6 Å². The molecule has 0 aliphatic heterocycles. The van der Waals surface area contributed by atoms with Gasteiger partial charge in [0.25, 0.3) is 0 Å². The molecule has 0 radical (unpaired) electrons. The molecule has 0 spiro atoms. The van der Waals surface area contributed by atoms with Crippen LogP contribution >= 0.6 is 11.8 Å². The summed E-state index contributed by atoms with van der Waals surface area (Å²) in [6.45, 7) is 33.4. The van der Waals surface area contributed by atoms with Gasteiger partial charge in [0.15, 0.2) is 0 Å². The highest BCUT2D eigenvalue weighted by Crippen LogP contribution is 2.45. The first-order chi connectivity index (χ1) is 14.5. The summed E-state index contributed by atoms with van der Waals surface area (Å²) in [7, 11) is 0. The Morgan fingerprint density at radius 1 is 0.875 bits per heavy atom. The van der Waals surface area contributed by atoms with Crippen molar-refractivity contribution in [2.75, 3.05) is 19.6 Å². The molecule has 0 heterocycles. The topological polar surface area (TPSA) is 23.5 Å².